The fourth-order valence-corrected chi connectivity index (χ4v) is 2.43. The highest BCUT2D eigenvalue weighted by Crippen LogP contribution is 2.41. The van der Waals surface area contributed by atoms with Gasteiger partial charge in [0.05, 0.1) is 5.69 Å². The van der Waals surface area contributed by atoms with E-state index in [0.29, 0.717) is 5.69 Å². The number of nitrogens with one attached hydrogen (secondary N) is 1. The molecule has 1 aromatic carbocycles. The number of hydrogen-bond acceptors (Lipinski definition) is 3. The molecule has 0 spiro atoms. The molecule has 1 unspecified atom stereocenters. The summed E-state index contributed by atoms with van der Waals surface area (Å²) in [5, 5.41) is 13.5. The monoisotopic (exact) mass is 220 g/mol. The number of aromatic hydroxyl groups is 1. The molecule has 0 aromatic heterocycles. The Kier molecular flexibility index (Phi) is 2.58. The maximum Gasteiger partial charge on any atom is 0.142 e. The van der Waals surface area contributed by atoms with E-state index in [2.05, 4.69) is 26.1 Å². The van der Waals surface area contributed by atoms with Crippen LogP contribution in [0.5, 0.6) is 5.75 Å². The number of nitrogen functional groups attached to an aromatic ring is 1. The molecule has 1 aliphatic rings. The average Bonchev–Trinajstić information content (AvgIpc) is 2.21. The maximum absolute atomic E-state index is 9.97. The van der Waals surface area contributed by atoms with Gasteiger partial charge in [-0.25, -0.2) is 0 Å². The van der Waals surface area contributed by atoms with Gasteiger partial charge in [0.2, 0.25) is 0 Å². The Balaban J connectivity index is 2.52. The van der Waals surface area contributed by atoms with Crippen LogP contribution in [0.15, 0.2) is 12.1 Å². The molecule has 88 valence electrons. The van der Waals surface area contributed by atoms with Crippen LogP contribution < -0.4 is 11.1 Å². The molecule has 0 bridgehead atoms. The quantitative estimate of drug-likeness (QED) is 0.464. The van der Waals surface area contributed by atoms with Crippen LogP contribution in [-0.2, 0) is 6.42 Å². The lowest BCUT2D eigenvalue weighted by atomic mass is 9.78. The van der Waals surface area contributed by atoms with E-state index in [4.69, 9.17) is 5.73 Å². The van der Waals surface area contributed by atoms with Gasteiger partial charge in [0.1, 0.15) is 5.75 Å². The average molecular weight is 220 g/mol. The zero-order valence-electron chi connectivity index (χ0n) is 10.2. The molecule has 2 rings (SSSR count). The van der Waals surface area contributed by atoms with Crippen molar-refractivity contribution in [2.24, 2.45) is 5.41 Å². The smallest absolute Gasteiger partial charge is 0.142 e. The fraction of sp³-hybridized carbons (Fsp3) is 0.538. The molecular weight excluding hydrogens is 200 g/mol. The van der Waals surface area contributed by atoms with Crippen LogP contribution in [0.2, 0.25) is 0 Å². The summed E-state index contributed by atoms with van der Waals surface area (Å²) >= 11 is 0. The predicted molar refractivity (Wildman–Crippen MR) is 66.4 cm³/mol. The molecule has 1 aromatic rings. The number of phenolic OH excluding ortho intramolecular Hbond substituents is 1. The summed E-state index contributed by atoms with van der Waals surface area (Å²) in [5.74, 6) is 0.272. The standard InChI is InChI=1S/C13H20N2O/c1-13(2,3)12-9-4-5-10(14)11(16)8(9)6-7-15-12/h4-5,12,15-16H,6-7,14H2,1-3H3. The number of rotatable bonds is 0. The SMILES string of the molecule is CC(C)(C)C1NCCc2c1ccc(N)c2O. The largest absolute Gasteiger partial charge is 0.505 e. The Morgan fingerprint density at radius 2 is 2.06 bits per heavy atom. The molecule has 16 heavy (non-hydrogen) atoms. The van der Waals surface area contributed by atoms with Crippen LogP contribution in [0.4, 0.5) is 5.69 Å². The van der Waals surface area contributed by atoms with Crippen LogP contribution in [0.1, 0.15) is 37.9 Å². The summed E-state index contributed by atoms with van der Waals surface area (Å²) in [7, 11) is 0. The van der Waals surface area contributed by atoms with Crippen LogP contribution in [0.25, 0.3) is 0 Å². The van der Waals surface area contributed by atoms with E-state index in [-0.39, 0.29) is 17.2 Å². The molecule has 0 amide bonds. The Morgan fingerprint density at radius 1 is 1.38 bits per heavy atom. The molecule has 0 aliphatic carbocycles. The summed E-state index contributed by atoms with van der Waals surface area (Å²) in [4.78, 5) is 0. The van der Waals surface area contributed by atoms with Crippen LogP contribution in [0.3, 0.4) is 0 Å². The number of hydrogen-bond donors (Lipinski definition) is 3. The van der Waals surface area contributed by atoms with E-state index in [9.17, 15) is 5.11 Å². The van der Waals surface area contributed by atoms with E-state index in [0.717, 1.165) is 18.5 Å². The third-order valence-electron chi connectivity index (χ3n) is 3.25. The van der Waals surface area contributed by atoms with Crippen molar-refractivity contribution in [2.45, 2.75) is 33.2 Å². The maximum atomic E-state index is 9.97. The van der Waals surface area contributed by atoms with Gasteiger partial charge in [-0.3, -0.25) is 0 Å². The Morgan fingerprint density at radius 3 is 2.69 bits per heavy atom. The highest BCUT2D eigenvalue weighted by molar-refractivity contribution is 5.60. The predicted octanol–water partition coefficient (Wildman–Crippen LogP) is 2.21. The zero-order chi connectivity index (χ0) is 11.9. The van der Waals surface area contributed by atoms with Crippen molar-refractivity contribution in [1.82, 2.24) is 5.32 Å². The Bertz CT molecular complexity index is 407. The summed E-state index contributed by atoms with van der Waals surface area (Å²) < 4.78 is 0. The third-order valence-corrected chi connectivity index (χ3v) is 3.25. The van der Waals surface area contributed by atoms with Crippen molar-refractivity contribution in [3.8, 4) is 5.75 Å². The summed E-state index contributed by atoms with van der Waals surface area (Å²) in [6.07, 6.45) is 0.846. The molecule has 3 nitrogen and oxygen atoms in total. The number of nitrogens with two attached hydrogens (primary N) is 1. The van der Waals surface area contributed by atoms with Gasteiger partial charge in [-0.05, 0) is 30.0 Å². The highest BCUT2D eigenvalue weighted by Gasteiger charge is 2.31. The van der Waals surface area contributed by atoms with Crippen molar-refractivity contribution >= 4 is 5.69 Å². The molecule has 0 saturated heterocycles. The molecule has 0 fully saturated rings. The first-order chi connectivity index (χ1) is 7.41. The molecule has 1 aliphatic heterocycles. The van der Waals surface area contributed by atoms with Crippen molar-refractivity contribution in [3.63, 3.8) is 0 Å². The van der Waals surface area contributed by atoms with Gasteiger partial charge < -0.3 is 16.2 Å². The van der Waals surface area contributed by atoms with Gasteiger partial charge in [-0.1, -0.05) is 26.8 Å². The Labute approximate surface area is 96.7 Å². The van der Waals surface area contributed by atoms with E-state index in [1.54, 1.807) is 6.07 Å². The first-order valence-electron chi connectivity index (χ1n) is 5.75. The molecule has 3 heteroatoms. The number of anilines is 1. The van der Waals surface area contributed by atoms with E-state index < -0.39 is 0 Å². The molecule has 1 atom stereocenters. The van der Waals surface area contributed by atoms with Crippen LogP contribution in [0, 0.1) is 5.41 Å². The van der Waals surface area contributed by atoms with Gasteiger partial charge >= 0.3 is 0 Å². The molecule has 0 saturated carbocycles. The summed E-state index contributed by atoms with van der Waals surface area (Å²) in [5.41, 5.74) is 8.54. The topological polar surface area (TPSA) is 58.3 Å². The van der Waals surface area contributed by atoms with Crippen molar-refractivity contribution in [3.05, 3.63) is 23.3 Å². The molecule has 4 N–H and O–H groups in total. The summed E-state index contributed by atoms with van der Waals surface area (Å²) in [6, 6.07) is 4.11. The van der Waals surface area contributed by atoms with E-state index in [1.165, 1.54) is 5.56 Å². The number of benzene rings is 1. The normalized spacial score (nSPS) is 20.6. The van der Waals surface area contributed by atoms with Crippen molar-refractivity contribution < 1.29 is 5.11 Å². The minimum absolute atomic E-state index is 0.137. The third kappa shape index (κ3) is 1.76. The van der Waals surface area contributed by atoms with E-state index in [1.807, 2.05) is 6.07 Å². The second-order valence-electron chi connectivity index (χ2n) is 5.57. The molecule has 0 radical (unpaired) electrons. The van der Waals surface area contributed by atoms with Gasteiger partial charge in [-0.2, -0.15) is 0 Å². The van der Waals surface area contributed by atoms with Gasteiger partial charge in [0, 0.05) is 11.6 Å². The van der Waals surface area contributed by atoms with Gasteiger partial charge in [-0.15, -0.1) is 0 Å². The fourth-order valence-electron chi connectivity index (χ4n) is 2.43. The Hall–Kier alpha value is -1.22. The summed E-state index contributed by atoms with van der Waals surface area (Å²) in [6.45, 7) is 7.50. The lowest BCUT2D eigenvalue weighted by molar-refractivity contribution is 0.262. The second kappa shape index (κ2) is 3.67. The van der Waals surface area contributed by atoms with Crippen molar-refractivity contribution in [1.29, 1.82) is 0 Å². The zero-order valence-corrected chi connectivity index (χ0v) is 10.2. The molecular formula is C13H20N2O. The molecule has 1 heterocycles. The first-order valence-corrected chi connectivity index (χ1v) is 5.75. The highest BCUT2D eigenvalue weighted by atomic mass is 16.3. The van der Waals surface area contributed by atoms with Crippen LogP contribution >= 0.6 is 0 Å². The number of phenols is 1. The van der Waals surface area contributed by atoms with E-state index >= 15 is 0 Å². The minimum atomic E-state index is 0.137. The first kappa shape index (κ1) is 11.3. The van der Waals surface area contributed by atoms with Gasteiger partial charge in [0.25, 0.3) is 0 Å². The lowest BCUT2D eigenvalue weighted by Crippen LogP contribution is -2.37. The number of fused-ring (bicyclic) bond motifs is 1. The van der Waals surface area contributed by atoms with Crippen molar-refractivity contribution in [2.75, 3.05) is 12.3 Å². The van der Waals surface area contributed by atoms with Gasteiger partial charge in [0.15, 0.2) is 0 Å². The lowest BCUT2D eigenvalue weighted by Gasteiger charge is -2.37. The minimum Gasteiger partial charge on any atom is -0.505 e. The van der Waals surface area contributed by atoms with Crippen LogP contribution in [-0.4, -0.2) is 11.7 Å². The second-order valence-corrected chi connectivity index (χ2v) is 5.57.